The van der Waals surface area contributed by atoms with E-state index in [1.165, 1.54) is 0 Å². The Morgan fingerprint density at radius 1 is 1.35 bits per heavy atom. The minimum atomic E-state index is 0.0952. The molecule has 0 bridgehead atoms. The number of hydrogen-bond acceptors (Lipinski definition) is 2. The van der Waals surface area contributed by atoms with Gasteiger partial charge in [0.25, 0.3) is 5.91 Å². The van der Waals surface area contributed by atoms with Crippen molar-refractivity contribution in [3.63, 3.8) is 0 Å². The van der Waals surface area contributed by atoms with E-state index in [1.807, 2.05) is 4.90 Å². The molecule has 17 heavy (non-hydrogen) atoms. The van der Waals surface area contributed by atoms with Crippen molar-refractivity contribution >= 4 is 17.5 Å². The molecule has 1 aliphatic rings. The van der Waals surface area contributed by atoms with Crippen molar-refractivity contribution in [2.24, 2.45) is 0 Å². The molecule has 0 spiro atoms. The maximum Gasteiger partial charge on any atom is 0.254 e. The first-order valence-corrected chi connectivity index (χ1v) is 6.33. The molecule has 1 amide bonds. The Morgan fingerprint density at radius 2 is 2.06 bits per heavy atom. The number of rotatable bonds is 1. The summed E-state index contributed by atoms with van der Waals surface area (Å²) in [4.78, 5) is 14.3. The molecule has 0 aromatic heterocycles. The average molecular weight is 253 g/mol. The van der Waals surface area contributed by atoms with E-state index in [2.05, 4.69) is 12.2 Å². The second kappa shape index (κ2) is 5.52. The van der Waals surface area contributed by atoms with Crippen molar-refractivity contribution in [1.82, 2.24) is 10.2 Å². The molecule has 1 aromatic carbocycles. The Labute approximate surface area is 107 Å². The van der Waals surface area contributed by atoms with Gasteiger partial charge in [0.1, 0.15) is 0 Å². The van der Waals surface area contributed by atoms with Gasteiger partial charge >= 0.3 is 0 Å². The van der Waals surface area contributed by atoms with Crippen LogP contribution in [0.15, 0.2) is 24.3 Å². The summed E-state index contributed by atoms with van der Waals surface area (Å²) >= 11 is 5.82. The van der Waals surface area contributed by atoms with Crippen LogP contribution in [0.3, 0.4) is 0 Å². The van der Waals surface area contributed by atoms with E-state index in [1.54, 1.807) is 24.3 Å². The number of benzene rings is 1. The first-order chi connectivity index (χ1) is 8.18. The molecule has 1 atom stereocenters. The largest absolute Gasteiger partial charge is 0.335 e. The number of carbonyl (C=O) groups excluding carboxylic acids is 1. The lowest BCUT2D eigenvalue weighted by molar-refractivity contribution is 0.0704. The molecule has 4 heteroatoms. The van der Waals surface area contributed by atoms with Crippen molar-refractivity contribution in [3.05, 3.63) is 34.9 Å². The molecular weight excluding hydrogens is 236 g/mol. The Kier molecular flexibility index (Phi) is 4.02. The van der Waals surface area contributed by atoms with Gasteiger partial charge in [-0.05, 0) is 44.2 Å². The third kappa shape index (κ3) is 2.99. The molecular formula is C13H17ClN2O. The molecule has 1 heterocycles. The van der Waals surface area contributed by atoms with Crippen LogP contribution in [0.5, 0.6) is 0 Å². The third-order valence-electron chi connectivity index (χ3n) is 3.15. The smallest absolute Gasteiger partial charge is 0.254 e. The zero-order valence-corrected chi connectivity index (χ0v) is 10.7. The van der Waals surface area contributed by atoms with Crippen LogP contribution in [0.25, 0.3) is 0 Å². The van der Waals surface area contributed by atoms with Crippen LogP contribution >= 0.6 is 11.6 Å². The summed E-state index contributed by atoms with van der Waals surface area (Å²) in [7, 11) is 0. The lowest BCUT2D eigenvalue weighted by atomic mass is 10.1. The zero-order chi connectivity index (χ0) is 12.3. The van der Waals surface area contributed by atoms with E-state index in [9.17, 15) is 4.79 Å². The summed E-state index contributed by atoms with van der Waals surface area (Å²) in [5, 5.41) is 3.97. The number of carbonyl (C=O) groups is 1. The summed E-state index contributed by atoms with van der Waals surface area (Å²) in [5.41, 5.74) is 0.711. The first-order valence-electron chi connectivity index (χ1n) is 5.96. The van der Waals surface area contributed by atoms with Gasteiger partial charge in [-0.2, -0.15) is 0 Å². The summed E-state index contributed by atoms with van der Waals surface area (Å²) in [6, 6.07) is 7.38. The predicted octanol–water partition coefficient (Wildman–Crippen LogP) is 2.16. The minimum Gasteiger partial charge on any atom is -0.335 e. The maximum absolute atomic E-state index is 12.3. The highest BCUT2D eigenvalue weighted by Crippen LogP contribution is 2.14. The first kappa shape index (κ1) is 12.4. The van der Waals surface area contributed by atoms with Crippen molar-refractivity contribution in [2.45, 2.75) is 19.4 Å². The van der Waals surface area contributed by atoms with Gasteiger partial charge in [-0.25, -0.2) is 0 Å². The lowest BCUT2D eigenvalue weighted by Crippen LogP contribution is -2.39. The molecule has 1 fully saturated rings. The van der Waals surface area contributed by atoms with Gasteiger partial charge in [-0.15, -0.1) is 0 Å². The van der Waals surface area contributed by atoms with Crippen molar-refractivity contribution in [2.75, 3.05) is 19.6 Å². The molecule has 1 aromatic rings. The minimum absolute atomic E-state index is 0.0952. The second-order valence-corrected chi connectivity index (χ2v) is 4.83. The summed E-state index contributed by atoms with van der Waals surface area (Å²) < 4.78 is 0. The molecule has 1 aliphatic heterocycles. The van der Waals surface area contributed by atoms with Crippen LogP contribution < -0.4 is 5.32 Å². The van der Waals surface area contributed by atoms with Crippen LogP contribution in [0.4, 0.5) is 0 Å². The highest BCUT2D eigenvalue weighted by atomic mass is 35.5. The topological polar surface area (TPSA) is 32.3 Å². The highest BCUT2D eigenvalue weighted by molar-refractivity contribution is 6.30. The van der Waals surface area contributed by atoms with E-state index >= 15 is 0 Å². The van der Waals surface area contributed by atoms with E-state index in [4.69, 9.17) is 11.6 Å². The van der Waals surface area contributed by atoms with Gasteiger partial charge in [-0.1, -0.05) is 11.6 Å². The normalized spacial score (nSPS) is 21.1. The van der Waals surface area contributed by atoms with Crippen LogP contribution in [0.2, 0.25) is 5.02 Å². The SMILES string of the molecule is CC1CCNCCN1C(=O)c1ccc(Cl)cc1. The number of amides is 1. The average Bonchev–Trinajstić information content (AvgIpc) is 2.54. The Hall–Kier alpha value is -1.06. The predicted molar refractivity (Wildman–Crippen MR) is 69.4 cm³/mol. The monoisotopic (exact) mass is 252 g/mol. The van der Waals surface area contributed by atoms with Gasteiger partial charge in [0.2, 0.25) is 0 Å². The number of nitrogens with one attached hydrogen (secondary N) is 1. The van der Waals surface area contributed by atoms with Crippen LogP contribution in [-0.4, -0.2) is 36.5 Å². The van der Waals surface area contributed by atoms with Gasteiger partial charge in [0.15, 0.2) is 0 Å². The Bertz CT molecular complexity index is 391. The van der Waals surface area contributed by atoms with Crippen molar-refractivity contribution in [3.8, 4) is 0 Å². The standard InChI is InChI=1S/C13H17ClN2O/c1-10-6-7-15-8-9-16(10)13(17)11-2-4-12(14)5-3-11/h2-5,10,15H,6-9H2,1H3. The van der Waals surface area contributed by atoms with Gasteiger partial charge in [0.05, 0.1) is 0 Å². The summed E-state index contributed by atoms with van der Waals surface area (Å²) in [6.07, 6.45) is 0.999. The van der Waals surface area contributed by atoms with E-state index < -0.39 is 0 Å². The summed E-state index contributed by atoms with van der Waals surface area (Å²) in [6.45, 7) is 4.71. The number of halogens is 1. The van der Waals surface area contributed by atoms with Gasteiger partial charge in [-0.3, -0.25) is 4.79 Å². The Balaban J connectivity index is 2.15. The molecule has 0 aliphatic carbocycles. The van der Waals surface area contributed by atoms with Crippen LogP contribution in [-0.2, 0) is 0 Å². The van der Waals surface area contributed by atoms with Crippen molar-refractivity contribution in [1.29, 1.82) is 0 Å². The molecule has 1 unspecified atom stereocenters. The molecule has 0 saturated carbocycles. The van der Waals surface area contributed by atoms with Gasteiger partial charge < -0.3 is 10.2 Å². The molecule has 3 nitrogen and oxygen atoms in total. The molecule has 0 radical (unpaired) electrons. The highest BCUT2D eigenvalue weighted by Gasteiger charge is 2.22. The van der Waals surface area contributed by atoms with Crippen LogP contribution in [0, 0.1) is 0 Å². The maximum atomic E-state index is 12.3. The van der Waals surface area contributed by atoms with Gasteiger partial charge in [0, 0.05) is 29.7 Å². The van der Waals surface area contributed by atoms with Crippen LogP contribution in [0.1, 0.15) is 23.7 Å². The zero-order valence-electron chi connectivity index (χ0n) is 9.95. The fraction of sp³-hybridized carbons (Fsp3) is 0.462. The fourth-order valence-corrected chi connectivity index (χ4v) is 2.20. The fourth-order valence-electron chi connectivity index (χ4n) is 2.07. The molecule has 2 rings (SSSR count). The number of hydrogen-bond donors (Lipinski definition) is 1. The van der Waals surface area contributed by atoms with E-state index in [-0.39, 0.29) is 11.9 Å². The molecule has 92 valence electrons. The summed E-state index contributed by atoms with van der Waals surface area (Å²) in [5.74, 6) is 0.0952. The molecule has 1 saturated heterocycles. The lowest BCUT2D eigenvalue weighted by Gasteiger charge is -2.26. The van der Waals surface area contributed by atoms with E-state index in [0.717, 1.165) is 26.1 Å². The quantitative estimate of drug-likeness (QED) is 0.831. The molecule has 1 N–H and O–H groups in total. The number of nitrogens with zero attached hydrogens (tertiary/aromatic N) is 1. The van der Waals surface area contributed by atoms with E-state index in [0.29, 0.717) is 10.6 Å². The van der Waals surface area contributed by atoms with Crippen molar-refractivity contribution < 1.29 is 4.79 Å². The third-order valence-corrected chi connectivity index (χ3v) is 3.40. The Morgan fingerprint density at radius 3 is 2.76 bits per heavy atom. The second-order valence-electron chi connectivity index (χ2n) is 4.39.